The topological polar surface area (TPSA) is 86.0 Å². The van der Waals surface area contributed by atoms with Crippen LogP contribution in [0.2, 0.25) is 0 Å². The molecule has 0 saturated heterocycles. The first kappa shape index (κ1) is 12.3. The van der Waals surface area contributed by atoms with E-state index in [2.05, 4.69) is 29.8 Å². The Hall–Kier alpha value is -2.48. The van der Waals surface area contributed by atoms with Crippen molar-refractivity contribution >= 4 is 0 Å². The molecule has 0 amide bonds. The highest BCUT2D eigenvalue weighted by Gasteiger charge is 2.21. The highest BCUT2D eigenvalue weighted by Crippen LogP contribution is 2.18. The van der Waals surface area contributed by atoms with E-state index in [1.807, 2.05) is 6.92 Å². The van der Waals surface area contributed by atoms with Gasteiger partial charge < -0.3 is 13.5 Å². The molecule has 3 aromatic heterocycles. The zero-order valence-electron chi connectivity index (χ0n) is 11.6. The Kier molecular flexibility index (Phi) is 2.81. The standard InChI is InChI=1S/C13H14N6O2/c1-9-15-16-11-6-18(3-4-19(9)11)7-12-14-13(17-21-12)10-2-5-20-8-10/h2,5,8H,3-4,6-7H2,1H3. The number of fused-ring (bicyclic) bond motifs is 1. The molecule has 21 heavy (non-hydrogen) atoms. The Morgan fingerprint density at radius 1 is 1.29 bits per heavy atom. The molecule has 0 fully saturated rings. The molecule has 0 atom stereocenters. The molecule has 0 N–H and O–H groups in total. The summed E-state index contributed by atoms with van der Waals surface area (Å²) in [5.74, 6) is 3.09. The van der Waals surface area contributed by atoms with Gasteiger partial charge in [-0.05, 0) is 13.0 Å². The van der Waals surface area contributed by atoms with E-state index in [9.17, 15) is 0 Å². The van der Waals surface area contributed by atoms with Crippen LogP contribution in [0, 0.1) is 6.92 Å². The van der Waals surface area contributed by atoms with Crippen LogP contribution in [0.15, 0.2) is 27.5 Å². The Labute approximate surface area is 120 Å². The third-order valence-electron chi connectivity index (χ3n) is 3.62. The second kappa shape index (κ2) is 4.81. The minimum absolute atomic E-state index is 0.551. The smallest absolute Gasteiger partial charge is 0.241 e. The summed E-state index contributed by atoms with van der Waals surface area (Å²) in [6.45, 7) is 5.12. The maximum atomic E-state index is 5.30. The van der Waals surface area contributed by atoms with Gasteiger partial charge in [0.15, 0.2) is 0 Å². The van der Waals surface area contributed by atoms with Crippen molar-refractivity contribution in [1.82, 2.24) is 29.8 Å². The van der Waals surface area contributed by atoms with Crippen molar-refractivity contribution < 1.29 is 8.94 Å². The van der Waals surface area contributed by atoms with Gasteiger partial charge in [-0.2, -0.15) is 4.98 Å². The number of nitrogens with zero attached hydrogens (tertiary/aromatic N) is 6. The van der Waals surface area contributed by atoms with Crippen molar-refractivity contribution in [2.24, 2.45) is 0 Å². The van der Waals surface area contributed by atoms with Crippen LogP contribution in [0.5, 0.6) is 0 Å². The molecule has 0 saturated carbocycles. The van der Waals surface area contributed by atoms with Gasteiger partial charge in [0, 0.05) is 13.1 Å². The molecule has 0 radical (unpaired) electrons. The third-order valence-corrected chi connectivity index (χ3v) is 3.62. The maximum Gasteiger partial charge on any atom is 0.241 e. The van der Waals surface area contributed by atoms with E-state index in [0.29, 0.717) is 18.3 Å². The summed E-state index contributed by atoms with van der Waals surface area (Å²) in [4.78, 5) is 6.60. The Morgan fingerprint density at radius 3 is 3.10 bits per heavy atom. The molecule has 0 bridgehead atoms. The molecular weight excluding hydrogens is 272 g/mol. The zero-order chi connectivity index (χ0) is 14.2. The van der Waals surface area contributed by atoms with Gasteiger partial charge in [-0.25, -0.2) is 0 Å². The van der Waals surface area contributed by atoms with Crippen molar-refractivity contribution in [2.75, 3.05) is 6.54 Å². The molecule has 4 heterocycles. The van der Waals surface area contributed by atoms with Gasteiger partial charge in [0.1, 0.15) is 17.9 Å². The lowest BCUT2D eigenvalue weighted by Crippen LogP contribution is -2.33. The predicted octanol–water partition coefficient (Wildman–Crippen LogP) is 1.25. The first-order valence-corrected chi connectivity index (χ1v) is 6.76. The Bertz CT molecular complexity index is 745. The van der Waals surface area contributed by atoms with Crippen LogP contribution >= 0.6 is 0 Å². The number of rotatable bonds is 3. The van der Waals surface area contributed by atoms with E-state index in [0.717, 1.165) is 36.8 Å². The van der Waals surface area contributed by atoms with Crippen LogP contribution in [-0.2, 0) is 19.6 Å². The fourth-order valence-electron chi connectivity index (χ4n) is 2.51. The number of hydrogen-bond donors (Lipinski definition) is 0. The predicted molar refractivity (Wildman–Crippen MR) is 70.9 cm³/mol. The molecule has 0 aliphatic carbocycles. The van der Waals surface area contributed by atoms with E-state index < -0.39 is 0 Å². The van der Waals surface area contributed by atoms with Crippen LogP contribution in [0.4, 0.5) is 0 Å². The van der Waals surface area contributed by atoms with Gasteiger partial charge in [0.05, 0.1) is 24.9 Å². The second-order valence-electron chi connectivity index (χ2n) is 5.05. The Balaban J connectivity index is 1.48. The normalized spacial score (nSPS) is 15.3. The van der Waals surface area contributed by atoms with Gasteiger partial charge in [0.25, 0.3) is 0 Å². The van der Waals surface area contributed by atoms with Crippen LogP contribution in [0.1, 0.15) is 17.5 Å². The third kappa shape index (κ3) is 2.23. The van der Waals surface area contributed by atoms with Crippen LogP contribution in [0.3, 0.4) is 0 Å². The van der Waals surface area contributed by atoms with E-state index in [1.54, 1.807) is 18.6 Å². The quantitative estimate of drug-likeness (QED) is 0.716. The molecule has 1 aliphatic rings. The highest BCUT2D eigenvalue weighted by molar-refractivity contribution is 5.51. The molecule has 8 nitrogen and oxygen atoms in total. The number of aromatic nitrogens is 5. The summed E-state index contributed by atoms with van der Waals surface area (Å²) in [7, 11) is 0. The van der Waals surface area contributed by atoms with Crippen molar-refractivity contribution in [2.45, 2.75) is 26.6 Å². The summed E-state index contributed by atoms with van der Waals surface area (Å²) in [6, 6.07) is 1.81. The summed E-state index contributed by atoms with van der Waals surface area (Å²) < 4.78 is 12.5. The second-order valence-corrected chi connectivity index (χ2v) is 5.05. The SMILES string of the molecule is Cc1nnc2n1CCN(Cc1nc(-c3ccoc3)no1)C2. The summed E-state index contributed by atoms with van der Waals surface area (Å²) in [5.41, 5.74) is 0.819. The summed E-state index contributed by atoms with van der Waals surface area (Å²) >= 11 is 0. The molecule has 108 valence electrons. The van der Waals surface area contributed by atoms with Gasteiger partial charge in [-0.3, -0.25) is 4.90 Å². The van der Waals surface area contributed by atoms with Crippen molar-refractivity contribution in [3.05, 3.63) is 36.1 Å². The van der Waals surface area contributed by atoms with Crippen LogP contribution in [0.25, 0.3) is 11.4 Å². The van der Waals surface area contributed by atoms with E-state index in [4.69, 9.17) is 8.94 Å². The van der Waals surface area contributed by atoms with E-state index in [-0.39, 0.29) is 0 Å². The van der Waals surface area contributed by atoms with Crippen molar-refractivity contribution in [3.8, 4) is 11.4 Å². The fraction of sp³-hybridized carbons (Fsp3) is 0.385. The van der Waals surface area contributed by atoms with Crippen molar-refractivity contribution in [3.63, 3.8) is 0 Å². The first-order valence-electron chi connectivity index (χ1n) is 6.76. The average molecular weight is 286 g/mol. The molecule has 4 rings (SSSR count). The molecule has 0 unspecified atom stereocenters. The Morgan fingerprint density at radius 2 is 2.24 bits per heavy atom. The van der Waals surface area contributed by atoms with Gasteiger partial charge in [-0.15, -0.1) is 10.2 Å². The molecule has 0 spiro atoms. The fourth-order valence-corrected chi connectivity index (χ4v) is 2.51. The summed E-state index contributed by atoms with van der Waals surface area (Å²) in [6.07, 6.45) is 3.19. The highest BCUT2D eigenvalue weighted by atomic mass is 16.5. The molecule has 1 aliphatic heterocycles. The van der Waals surface area contributed by atoms with Gasteiger partial charge in [0.2, 0.25) is 11.7 Å². The number of aryl methyl sites for hydroxylation is 1. The zero-order valence-corrected chi connectivity index (χ0v) is 11.6. The van der Waals surface area contributed by atoms with Crippen LogP contribution in [-0.4, -0.2) is 36.3 Å². The largest absolute Gasteiger partial charge is 0.472 e. The minimum Gasteiger partial charge on any atom is -0.472 e. The number of furan rings is 1. The van der Waals surface area contributed by atoms with E-state index >= 15 is 0 Å². The summed E-state index contributed by atoms with van der Waals surface area (Å²) in [5, 5.41) is 12.3. The monoisotopic (exact) mass is 286 g/mol. The van der Waals surface area contributed by atoms with Gasteiger partial charge >= 0.3 is 0 Å². The molecule has 3 aromatic rings. The number of hydrogen-bond acceptors (Lipinski definition) is 7. The minimum atomic E-state index is 0.551. The first-order chi connectivity index (χ1) is 10.3. The lowest BCUT2D eigenvalue weighted by atomic mass is 10.3. The lowest BCUT2D eigenvalue weighted by molar-refractivity contribution is 0.182. The average Bonchev–Trinajstić information content (AvgIpc) is 3.20. The molecule has 8 heteroatoms. The van der Waals surface area contributed by atoms with Crippen molar-refractivity contribution in [1.29, 1.82) is 0 Å². The van der Waals surface area contributed by atoms with Crippen LogP contribution < -0.4 is 0 Å². The maximum absolute atomic E-state index is 5.30. The van der Waals surface area contributed by atoms with E-state index in [1.165, 1.54) is 0 Å². The van der Waals surface area contributed by atoms with Gasteiger partial charge in [-0.1, -0.05) is 5.16 Å². The molecular formula is C13H14N6O2. The molecule has 0 aromatic carbocycles. The lowest BCUT2D eigenvalue weighted by Gasteiger charge is -2.25.